The van der Waals surface area contributed by atoms with Crippen LogP contribution in [-0.2, 0) is 0 Å². The molecule has 0 saturated heterocycles. The fraction of sp³-hybridized carbons (Fsp3) is 1.00. The van der Waals surface area contributed by atoms with Crippen molar-refractivity contribution in [1.82, 2.24) is 10.3 Å². The Hall–Kier alpha value is -0.840. The van der Waals surface area contributed by atoms with Gasteiger partial charge in [-0.2, -0.15) is 0 Å². The molecule has 0 rings (SSSR count). The average molecular weight is 177 g/mol. The van der Waals surface area contributed by atoms with Gasteiger partial charge in [0.2, 0.25) is 0 Å². The Morgan fingerprint density at radius 1 is 1.25 bits per heavy atom. The summed E-state index contributed by atoms with van der Waals surface area (Å²) < 4.78 is 0. The van der Waals surface area contributed by atoms with E-state index in [1.54, 1.807) is 5.43 Å². The van der Waals surface area contributed by atoms with Gasteiger partial charge in [0.25, 0.3) is 0 Å². The average Bonchev–Trinajstić information content (AvgIpc) is 2.09. The summed E-state index contributed by atoms with van der Waals surface area (Å²) in [7, 11) is 1.25. The predicted molar refractivity (Wildman–Crippen MR) is 49.5 cm³/mol. The van der Waals surface area contributed by atoms with Crippen LogP contribution in [0.4, 0.5) is 0 Å². The van der Waals surface area contributed by atoms with Gasteiger partial charge in [-0.1, -0.05) is 20.8 Å². The van der Waals surface area contributed by atoms with Crippen LogP contribution in [0.15, 0.2) is 0 Å². The minimum absolute atomic E-state index is 0.625. The predicted octanol–water partition coefficient (Wildman–Crippen LogP) is 0.746. The molecule has 5 nitrogen and oxygen atoms in total. The first-order valence-electron chi connectivity index (χ1n) is 4.16. The number of hydrogen-bond acceptors (Lipinski definition) is 3. The van der Waals surface area contributed by atoms with Gasteiger partial charge >= 0.3 is 0 Å². The van der Waals surface area contributed by atoms with Gasteiger partial charge in [0.15, 0.2) is 5.03 Å². The first-order chi connectivity index (χ1) is 5.62. The summed E-state index contributed by atoms with van der Waals surface area (Å²) in [5, 5.41) is 8.44. The summed E-state index contributed by atoms with van der Waals surface area (Å²) in [6.45, 7) is 10.1. The van der Waals surface area contributed by atoms with Crippen LogP contribution in [0.1, 0.15) is 20.8 Å². The van der Waals surface area contributed by atoms with Crippen LogP contribution >= 0.6 is 0 Å². The molecule has 5 heteroatoms. The van der Waals surface area contributed by atoms with Crippen LogP contribution in [0.3, 0.4) is 0 Å². The summed E-state index contributed by atoms with van der Waals surface area (Å²) in [5.41, 5.74) is 1.75. The SMILES string of the molecule is CCN(CC)CC.CN[N+](=O)[O-]. The molecule has 0 aliphatic carbocycles. The lowest BCUT2D eigenvalue weighted by Crippen LogP contribution is -2.21. The number of nitrogens with zero attached hydrogens (tertiary/aromatic N) is 2. The van der Waals surface area contributed by atoms with Crippen molar-refractivity contribution in [1.29, 1.82) is 0 Å². The Bertz CT molecular complexity index is 99.3. The van der Waals surface area contributed by atoms with Gasteiger partial charge in [-0.25, -0.2) is 10.1 Å². The number of hydrazine groups is 1. The highest BCUT2D eigenvalue weighted by Crippen LogP contribution is 1.81. The number of nitrogens with one attached hydrogen (secondary N) is 1. The van der Waals surface area contributed by atoms with Gasteiger partial charge in [-0.15, -0.1) is 5.43 Å². The van der Waals surface area contributed by atoms with E-state index in [0.717, 1.165) is 0 Å². The van der Waals surface area contributed by atoms with E-state index in [0.29, 0.717) is 0 Å². The maximum absolute atomic E-state index is 9.06. The first-order valence-corrected chi connectivity index (χ1v) is 4.16. The fourth-order valence-electron chi connectivity index (χ4n) is 0.671. The second kappa shape index (κ2) is 10.2. The summed E-state index contributed by atoms with van der Waals surface area (Å²) in [4.78, 5) is 11.4. The maximum atomic E-state index is 9.06. The monoisotopic (exact) mass is 177 g/mol. The molecule has 12 heavy (non-hydrogen) atoms. The van der Waals surface area contributed by atoms with Crippen molar-refractivity contribution >= 4 is 0 Å². The van der Waals surface area contributed by atoms with E-state index >= 15 is 0 Å². The largest absolute Gasteiger partial charge is 0.304 e. The molecule has 0 amide bonds. The minimum atomic E-state index is -0.625. The van der Waals surface area contributed by atoms with E-state index in [1.165, 1.54) is 26.7 Å². The number of hydrogen-bond donors (Lipinski definition) is 1. The van der Waals surface area contributed by atoms with Crippen molar-refractivity contribution in [2.75, 3.05) is 26.7 Å². The van der Waals surface area contributed by atoms with Gasteiger partial charge in [0, 0.05) is 0 Å². The normalized spacial score (nSPS) is 8.75. The van der Waals surface area contributed by atoms with Crippen LogP contribution in [0.5, 0.6) is 0 Å². The minimum Gasteiger partial charge on any atom is -0.304 e. The zero-order valence-electron chi connectivity index (χ0n) is 8.33. The van der Waals surface area contributed by atoms with E-state index in [-0.39, 0.29) is 0 Å². The van der Waals surface area contributed by atoms with Crippen LogP contribution < -0.4 is 5.43 Å². The van der Waals surface area contributed by atoms with Crippen molar-refractivity contribution in [2.24, 2.45) is 0 Å². The standard InChI is InChI=1S/C6H15N.CH4N2O2/c1-4-7(5-2)6-3;1-2-3(4)5/h4-6H2,1-3H3;2H,1H3. The zero-order valence-corrected chi connectivity index (χ0v) is 8.33. The number of rotatable bonds is 4. The zero-order chi connectivity index (χ0) is 9.98. The molecule has 0 aromatic carbocycles. The third kappa shape index (κ3) is 11.9. The van der Waals surface area contributed by atoms with Gasteiger partial charge in [-0.05, 0) is 19.6 Å². The lowest BCUT2D eigenvalue weighted by atomic mass is 10.5. The van der Waals surface area contributed by atoms with Gasteiger partial charge < -0.3 is 4.90 Å². The van der Waals surface area contributed by atoms with Gasteiger partial charge in [-0.3, -0.25) is 0 Å². The second-order valence-electron chi connectivity index (χ2n) is 2.10. The van der Waals surface area contributed by atoms with Gasteiger partial charge in [0.1, 0.15) is 0 Å². The summed E-state index contributed by atoms with van der Waals surface area (Å²) in [6.07, 6.45) is 0. The molecule has 0 aromatic heterocycles. The Morgan fingerprint density at radius 3 is 1.50 bits per heavy atom. The third-order valence-corrected chi connectivity index (χ3v) is 1.52. The van der Waals surface area contributed by atoms with Crippen LogP contribution in [0.2, 0.25) is 0 Å². The van der Waals surface area contributed by atoms with E-state index in [2.05, 4.69) is 25.7 Å². The molecule has 0 fully saturated rings. The molecule has 74 valence electrons. The first kappa shape index (κ1) is 13.7. The van der Waals surface area contributed by atoms with Crippen molar-refractivity contribution < 1.29 is 5.03 Å². The molecule has 0 aliphatic heterocycles. The van der Waals surface area contributed by atoms with E-state index < -0.39 is 5.03 Å². The molecule has 0 atom stereocenters. The second-order valence-corrected chi connectivity index (χ2v) is 2.10. The smallest absolute Gasteiger partial charge is 0.157 e. The summed E-state index contributed by atoms with van der Waals surface area (Å²) in [6, 6.07) is 0. The molecule has 1 N–H and O–H groups in total. The maximum Gasteiger partial charge on any atom is 0.157 e. The van der Waals surface area contributed by atoms with Crippen molar-refractivity contribution in [3.8, 4) is 0 Å². The van der Waals surface area contributed by atoms with E-state index in [1.807, 2.05) is 0 Å². The molecule has 0 aromatic rings. The Morgan fingerprint density at radius 2 is 1.50 bits per heavy atom. The Labute approximate surface area is 73.9 Å². The van der Waals surface area contributed by atoms with Crippen LogP contribution in [0.25, 0.3) is 0 Å². The molecule has 0 saturated carbocycles. The van der Waals surface area contributed by atoms with Crippen LogP contribution in [0, 0.1) is 10.1 Å². The lowest BCUT2D eigenvalue weighted by Gasteiger charge is -2.13. The third-order valence-electron chi connectivity index (χ3n) is 1.52. The molecule has 0 heterocycles. The highest BCUT2D eigenvalue weighted by molar-refractivity contribution is 4.43. The lowest BCUT2D eigenvalue weighted by molar-refractivity contribution is -0.538. The van der Waals surface area contributed by atoms with Crippen molar-refractivity contribution in [2.45, 2.75) is 20.8 Å². The fourth-order valence-corrected chi connectivity index (χ4v) is 0.671. The van der Waals surface area contributed by atoms with E-state index in [9.17, 15) is 0 Å². The molecular formula is C7H19N3O2. The van der Waals surface area contributed by atoms with E-state index in [4.69, 9.17) is 10.1 Å². The molecule has 0 aliphatic rings. The quantitative estimate of drug-likeness (QED) is 0.508. The molecule has 0 bridgehead atoms. The van der Waals surface area contributed by atoms with Gasteiger partial charge in [0.05, 0.1) is 7.05 Å². The topological polar surface area (TPSA) is 58.4 Å². The molecular weight excluding hydrogens is 158 g/mol. The van der Waals surface area contributed by atoms with Crippen LogP contribution in [-0.4, -0.2) is 36.6 Å². The highest BCUT2D eigenvalue weighted by atomic mass is 16.7. The Kier molecular flexibility index (Phi) is 11.6. The molecule has 0 unspecified atom stereocenters. The van der Waals surface area contributed by atoms with Crippen molar-refractivity contribution in [3.05, 3.63) is 10.1 Å². The highest BCUT2D eigenvalue weighted by Gasteiger charge is 1.89. The molecule has 0 spiro atoms. The summed E-state index contributed by atoms with van der Waals surface area (Å²) in [5.74, 6) is 0. The molecule has 0 radical (unpaired) electrons. The van der Waals surface area contributed by atoms with Crippen molar-refractivity contribution in [3.63, 3.8) is 0 Å². The Balaban J connectivity index is 0. The number of nitro groups is 1. The summed E-state index contributed by atoms with van der Waals surface area (Å²) >= 11 is 0.